The van der Waals surface area contributed by atoms with Crippen LogP contribution in [0.25, 0.3) is 0 Å². The molecule has 0 spiro atoms. The highest BCUT2D eigenvalue weighted by atomic mass is 35.5. The molecule has 1 heterocycles. The van der Waals surface area contributed by atoms with Crippen molar-refractivity contribution in [2.45, 2.75) is 25.8 Å². The number of likely N-dealkylation sites (tertiary alicyclic amines) is 1. The first-order chi connectivity index (χ1) is 13.1. The Hall–Kier alpha value is -1.82. The molecule has 6 heteroatoms. The number of nitrogens with one attached hydrogen (secondary N) is 2. The molecule has 3 rings (SSSR count). The third-order valence-corrected chi connectivity index (χ3v) is 5.62. The zero-order valence-corrected chi connectivity index (χ0v) is 17.4. The van der Waals surface area contributed by atoms with Gasteiger partial charge in [0.2, 0.25) is 0 Å². The topological polar surface area (TPSA) is 36.5 Å². The Balaban J connectivity index is 1.64. The molecule has 0 amide bonds. The van der Waals surface area contributed by atoms with Crippen molar-refractivity contribution in [3.8, 4) is 5.75 Å². The summed E-state index contributed by atoms with van der Waals surface area (Å²) in [5.41, 5.74) is 3.21. The molecule has 2 aromatic rings. The van der Waals surface area contributed by atoms with Crippen molar-refractivity contribution in [1.29, 1.82) is 0 Å². The first-order valence-electron chi connectivity index (χ1n) is 9.26. The molecule has 0 aromatic heterocycles. The molecule has 0 bridgehead atoms. The maximum Gasteiger partial charge on any atom is 0.170 e. The maximum atomic E-state index is 6.20. The average molecular weight is 404 g/mol. The lowest BCUT2D eigenvalue weighted by Gasteiger charge is -2.29. The van der Waals surface area contributed by atoms with Gasteiger partial charge in [-0.05, 0) is 80.5 Å². The van der Waals surface area contributed by atoms with Gasteiger partial charge in [0.15, 0.2) is 5.11 Å². The molecule has 4 nitrogen and oxygen atoms in total. The predicted octanol–water partition coefficient (Wildman–Crippen LogP) is 4.78. The molecule has 144 valence electrons. The van der Waals surface area contributed by atoms with E-state index in [9.17, 15) is 0 Å². The summed E-state index contributed by atoms with van der Waals surface area (Å²) in [6.45, 7) is 4.97. The minimum Gasteiger partial charge on any atom is -0.497 e. The van der Waals surface area contributed by atoms with Gasteiger partial charge in [0, 0.05) is 17.3 Å². The first-order valence-corrected chi connectivity index (χ1v) is 10.0. The molecule has 0 radical (unpaired) electrons. The summed E-state index contributed by atoms with van der Waals surface area (Å²) < 4.78 is 5.29. The molecule has 0 aliphatic carbocycles. The summed E-state index contributed by atoms with van der Waals surface area (Å²) in [6, 6.07) is 14.5. The van der Waals surface area contributed by atoms with Crippen LogP contribution in [0.15, 0.2) is 42.5 Å². The number of aryl methyl sites for hydroxylation is 1. The number of rotatable bonds is 6. The number of halogens is 1. The molecule has 1 aliphatic rings. The number of nitrogens with zero attached hydrogens (tertiary/aromatic N) is 1. The van der Waals surface area contributed by atoms with Crippen molar-refractivity contribution in [2.24, 2.45) is 0 Å². The van der Waals surface area contributed by atoms with Crippen LogP contribution in [-0.4, -0.2) is 36.8 Å². The van der Waals surface area contributed by atoms with Crippen LogP contribution in [0.2, 0.25) is 5.02 Å². The second kappa shape index (κ2) is 9.40. The number of anilines is 1. The van der Waals surface area contributed by atoms with Gasteiger partial charge in [0.25, 0.3) is 0 Å². The predicted molar refractivity (Wildman–Crippen MR) is 117 cm³/mol. The number of ether oxygens (including phenoxy) is 1. The van der Waals surface area contributed by atoms with E-state index in [1.807, 2.05) is 37.3 Å². The molecular weight excluding hydrogens is 378 g/mol. The largest absolute Gasteiger partial charge is 0.497 e. The molecule has 0 saturated carbocycles. The summed E-state index contributed by atoms with van der Waals surface area (Å²) in [5.74, 6) is 0.875. The number of thiocarbonyl (C=S) groups is 1. The summed E-state index contributed by atoms with van der Waals surface area (Å²) in [5, 5.41) is 7.93. The second-order valence-corrected chi connectivity index (χ2v) is 7.65. The number of hydrogen-bond donors (Lipinski definition) is 2. The standard InChI is InChI=1S/C21H26ClN3OS/c1-15-5-8-17(13-19(15)22)24-21(27)23-14-20(25-11-3-4-12-25)16-6-9-18(26-2)10-7-16/h5-10,13,20H,3-4,11-12,14H2,1-2H3,(H2,23,24,27)/t20-/m1/s1. The molecule has 27 heavy (non-hydrogen) atoms. The normalized spacial score (nSPS) is 15.4. The van der Waals surface area contributed by atoms with Gasteiger partial charge in [0.1, 0.15) is 5.75 Å². The zero-order valence-electron chi connectivity index (χ0n) is 15.8. The van der Waals surface area contributed by atoms with Crippen LogP contribution < -0.4 is 15.4 Å². The smallest absolute Gasteiger partial charge is 0.170 e. The summed E-state index contributed by atoms with van der Waals surface area (Å²) in [6.07, 6.45) is 2.49. The van der Waals surface area contributed by atoms with E-state index in [0.717, 1.165) is 41.7 Å². The van der Waals surface area contributed by atoms with Crippen molar-refractivity contribution in [1.82, 2.24) is 10.2 Å². The fraction of sp³-hybridized carbons (Fsp3) is 0.381. The number of benzene rings is 2. The summed E-state index contributed by atoms with van der Waals surface area (Å²) in [4.78, 5) is 2.51. The van der Waals surface area contributed by atoms with Crippen LogP contribution in [-0.2, 0) is 0 Å². The van der Waals surface area contributed by atoms with Crippen LogP contribution in [0.4, 0.5) is 5.69 Å². The highest BCUT2D eigenvalue weighted by Crippen LogP contribution is 2.26. The molecule has 2 aromatic carbocycles. The van der Waals surface area contributed by atoms with E-state index < -0.39 is 0 Å². The van der Waals surface area contributed by atoms with Crippen molar-refractivity contribution >= 4 is 34.6 Å². The molecule has 2 N–H and O–H groups in total. The van der Waals surface area contributed by atoms with Crippen molar-refractivity contribution in [2.75, 3.05) is 32.1 Å². The minimum atomic E-state index is 0.278. The van der Waals surface area contributed by atoms with E-state index in [-0.39, 0.29) is 6.04 Å². The Labute approximate surface area is 171 Å². The Morgan fingerprint density at radius 3 is 2.52 bits per heavy atom. The Bertz CT molecular complexity index is 775. The molecule has 0 unspecified atom stereocenters. The van der Waals surface area contributed by atoms with Crippen molar-refractivity contribution < 1.29 is 4.74 Å². The van der Waals surface area contributed by atoms with Crippen molar-refractivity contribution in [3.05, 3.63) is 58.6 Å². The monoisotopic (exact) mass is 403 g/mol. The Morgan fingerprint density at radius 2 is 1.89 bits per heavy atom. The van der Waals surface area contributed by atoms with Gasteiger partial charge < -0.3 is 15.4 Å². The third-order valence-electron chi connectivity index (χ3n) is 4.97. The molecule has 1 atom stereocenters. The van der Waals surface area contributed by atoms with Gasteiger partial charge in [-0.1, -0.05) is 29.8 Å². The fourth-order valence-corrected chi connectivity index (χ4v) is 3.75. The van der Waals surface area contributed by atoms with Gasteiger partial charge in [-0.15, -0.1) is 0 Å². The fourth-order valence-electron chi connectivity index (χ4n) is 3.37. The maximum absolute atomic E-state index is 6.20. The molecule has 1 fully saturated rings. The van der Waals surface area contributed by atoms with E-state index in [1.54, 1.807) is 7.11 Å². The quantitative estimate of drug-likeness (QED) is 0.679. The molecule has 1 saturated heterocycles. The summed E-state index contributed by atoms with van der Waals surface area (Å²) in [7, 11) is 1.69. The summed E-state index contributed by atoms with van der Waals surface area (Å²) >= 11 is 11.7. The second-order valence-electron chi connectivity index (χ2n) is 6.83. The third kappa shape index (κ3) is 5.34. The van der Waals surface area contributed by atoms with E-state index >= 15 is 0 Å². The van der Waals surface area contributed by atoms with Crippen molar-refractivity contribution in [3.63, 3.8) is 0 Å². The van der Waals surface area contributed by atoms with Crippen LogP contribution in [0.1, 0.15) is 30.0 Å². The van der Waals surface area contributed by atoms with Gasteiger partial charge in [-0.25, -0.2) is 0 Å². The molecular formula is C21H26ClN3OS. The first kappa shape index (κ1) is 19.9. The van der Waals surface area contributed by atoms with Gasteiger partial charge in [-0.2, -0.15) is 0 Å². The average Bonchev–Trinajstić information content (AvgIpc) is 3.20. The van der Waals surface area contributed by atoms with Crippen LogP contribution in [0.3, 0.4) is 0 Å². The lowest BCUT2D eigenvalue weighted by atomic mass is 10.1. The lowest BCUT2D eigenvalue weighted by Crippen LogP contribution is -2.38. The minimum absolute atomic E-state index is 0.278. The van der Waals surface area contributed by atoms with E-state index in [1.165, 1.54) is 18.4 Å². The van der Waals surface area contributed by atoms with Gasteiger partial charge >= 0.3 is 0 Å². The van der Waals surface area contributed by atoms with Crippen LogP contribution in [0, 0.1) is 6.92 Å². The SMILES string of the molecule is COc1ccc([C@@H](CNC(=S)Nc2ccc(C)c(Cl)c2)N2CCCC2)cc1. The van der Waals surface area contributed by atoms with E-state index in [2.05, 4.69) is 27.7 Å². The number of hydrogen-bond acceptors (Lipinski definition) is 3. The van der Waals surface area contributed by atoms with Gasteiger partial charge in [0.05, 0.1) is 13.2 Å². The van der Waals surface area contributed by atoms with Crippen LogP contribution in [0.5, 0.6) is 5.75 Å². The van der Waals surface area contributed by atoms with E-state index in [0.29, 0.717) is 5.11 Å². The highest BCUT2D eigenvalue weighted by Gasteiger charge is 2.23. The van der Waals surface area contributed by atoms with E-state index in [4.69, 9.17) is 28.6 Å². The van der Waals surface area contributed by atoms with Gasteiger partial charge in [-0.3, -0.25) is 4.90 Å². The van der Waals surface area contributed by atoms with Crippen LogP contribution >= 0.6 is 23.8 Å². The Kier molecular flexibility index (Phi) is 6.94. The zero-order chi connectivity index (χ0) is 19.2. The number of methoxy groups -OCH3 is 1. The lowest BCUT2D eigenvalue weighted by molar-refractivity contribution is 0.246. The molecule has 1 aliphatic heterocycles. The highest BCUT2D eigenvalue weighted by molar-refractivity contribution is 7.80. The Morgan fingerprint density at radius 1 is 1.19 bits per heavy atom.